The number of likely N-dealkylation sites (tertiary alicyclic amines) is 1. The van der Waals surface area contributed by atoms with E-state index in [0.29, 0.717) is 30.2 Å². The van der Waals surface area contributed by atoms with E-state index in [2.05, 4.69) is 28.5 Å². The van der Waals surface area contributed by atoms with Crippen molar-refractivity contribution in [2.75, 3.05) is 42.4 Å². The van der Waals surface area contributed by atoms with Crippen LogP contribution in [0.2, 0.25) is 10.0 Å². The second kappa shape index (κ2) is 8.72. The zero-order valence-electron chi connectivity index (χ0n) is 18.5. The van der Waals surface area contributed by atoms with Gasteiger partial charge in [-0.25, -0.2) is 9.37 Å². The van der Waals surface area contributed by atoms with Crippen molar-refractivity contribution in [3.8, 4) is 0 Å². The average Bonchev–Trinajstić information content (AvgIpc) is 3.33. The summed E-state index contributed by atoms with van der Waals surface area (Å²) in [5.74, 6) is -0.980. The van der Waals surface area contributed by atoms with E-state index in [0.717, 1.165) is 38.1 Å². The number of ether oxygens (including phenoxy) is 1. The van der Waals surface area contributed by atoms with Crippen molar-refractivity contribution in [2.45, 2.75) is 43.2 Å². The normalized spacial score (nSPS) is 23.8. The molecule has 33 heavy (non-hydrogen) atoms. The number of hydrogen-bond acceptors (Lipinski definition) is 6. The molecule has 0 radical (unpaired) electrons. The molecule has 3 fully saturated rings. The number of rotatable bonds is 5. The molecule has 3 saturated heterocycles. The number of hydrogen-bond donors (Lipinski definition) is 1. The Kier molecular flexibility index (Phi) is 6.19. The Labute approximate surface area is 206 Å². The quantitative estimate of drug-likeness (QED) is 0.306. The molecule has 5 rings (SSSR count). The summed E-state index contributed by atoms with van der Waals surface area (Å²) >= 11 is 13.8. The van der Waals surface area contributed by atoms with E-state index in [1.807, 2.05) is 4.90 Å². The van der Waals surface area contributed by atoms with Gasteiger partial charge in [-0.2, -0.15) is 4.39 Å². The van der Waals surface area contributed by atoms with Crippen molar-refractivity contribution < 1.29 is 13.5 Å². The van der Waals surface area contributed by atoms with Gasteiger partial charge in [-0.1, -0.05) is 43.1 Å². The van der Waals surface area contributed by atoms with Gasteiger partial charge in [0.15, 0.2) is 5.82 Å². The van der Waals surface area contributed by atoms with Crippen LogP contribution in [-0.2, 0) is 4.74 Å². The summed E-state index contributed by atoms with van der Waals surface area (Å²) in [5.41, 5.74) is 0.648. The molecule has 1 atom stereocenters. The molecule has 0 unspecified atom stereocenters. The lowest BCUT2D eigenvalue weighted by atomic mass is 9.84. The van der Waals surface area contributed by atoms with Gasteiger partial charge >= 0.3 is 0 Å². The molecule has 178 valence electrons. The Morgan fingerprint density at radius 1 is 1.21 bits per heavy atom. The molecule has 2 aromatic rings. The van der Waals surface area contributed by atoms with Crippen molar-refractivity contribution in [2.24, 2.45) is 5.41 Å². The summed E-state index contributed by atoms with van der Waals surface area (Å²) < 4.78 is 37.5. The van der Waals surface area contributed by atoms with Crippen LogP contribution in [0.1, 0.15) is 26.7 Å². The number of nitrogens with one attached hydrogen (secondary N) is 1. The monoisotopic (exact) mass is 514 g/mol. The third-order valence-corrected chi connectivity index (χ3v) is 8.55. The second-order valence-electron chi connectivity index (χ2n) is 9.84. The standard InChI is InChI=1S/C23H26Cl2F2N4OS/c1-22(2)7-8-30(11-22)16-6-9-32-23(16)12-31(13-23)15-10-14(24)21(20(27)19(15)25)33-29-18-5-3-4-17(26)28-18/h3-5,10,16H,6-9,11-13H2,1-2H3,(H,28,29)/t16-/m1/s1. The molecular formula is C23H26Cl2F2N4OS. The number of benzene rings is 1. The molecule has 10 heteroatoms. The molecule has 1 spiro atoms. The molecular weight excluding hydrogens is 489 g/mol. The van der Waals surface area contributed by atoms with Crippen LogP contribution in [0.3, 0.4) is 0 Å². The minimum absolute atomic E-state index is 0.0163. The largest absolute Gasteiger partial charge is 0.370 e. The Hall–Kier alpha value is -1.32. The van der Waals surface area contributed by atoms with Crippen LogP contribution in [0.25, 0.3) is 0 Å². The number of halogens is 4. The van der Waals surface area contributed by atoms with Crippen LogP contribution >= 0.6 is 35.1 Å². The Morgan fingerprint density at radius 2 is 2.00 bits per heavy atom. The van der Waals surface area contributed by atoms with Crippen molar-refractivity contribution in [1.29, 1.82) is 0 Å². The maximum Gasteiger partial charge on any atom is 0.214 e. The fraction of sp³-hybridized carbons (Fsp3) is 0.522. The van der Waals surface area contributed by atoms with Crippen molar-refractivity contribution in [3.63, 3.8) is 0 Å². The molecule has 0 aliphatic carbocycles. The summed E-state index contributed by atoms with van der Waals surface area (Å²) in [6.07, 6.45) is 2.20. The maximum atomic E-state index is 15.2. The molecule has 0 bridgehead atoms. The summed E-state index contributed by atoms with van der Waals surface area (Å²) in [6.45, 7) is 8.83. The first-order valence-electron chi connectivity index (χ1n) is 11.0. The Balaban J connectivity index is 1.30. The third-order valence-electron chi connectivity index (χ3n) is 6.86. The lowest BCUT2D eigenvalue weighted by molar-refractivity contribution is -0.0566. The van der Waals surface area contributed by atoms with Gasteiger partial charge in [0.25, 0.3) is 0 Å². The van der Waals surface area contributed by atoms with E-state index < -0.39 is 11.8 Å². The van der Waals surface area contributed by atoms with E-state index in [9.17, 15) is 4.39 Å². The van der Waals surface area contributed by atoms with Crippen LogP contribution in [0, 0.1) is 17.2 Å². The van der Waals surface area contributed by atoms with Crippen LogP contribution in [0.5, 0.6) is 0 Å². The van der Waals surface area contributed by atoms with Crippen LogP contribution in [-0.4, -0.2) is 54.3 Å². The van der Waals surface area contributed by atoms with Gasteiger partial charge in [0.05, 0.1) is 28.7 Å². The van der Waals surface area contributed by atoms with E-state index in [1.54, 1.807) is 12.1 Å². The van der Waals surface area contributed by atoms with Gasteiger partial charge in [-0.15, -0.1) is 0 Å². The highest BCUT2D eigenvalue weighted by molar-refractivity contribution is 8.00. The highest BCUT2D eigenvalue weighted by Crippen LogP contribution is 2.47. The Bertz CT molecular complexity index is 1070. The predicted molar refractivity (Wildman–Crippen MR) is 129 cm³/mol. The van der Waals surface area contributed by atoms with Crippen molar-refractivity contribution in [1.82, 2.24) is 9.88 Å². The van der Waals surface area contributed by atoms with Crippen LogP contribution < -0.4 is 9.62 Å². The molecule has 0 saturated carbocycles. The van der Waals surface area contributed by atoms with Gasteiger partial charge in [0, 0.05) is 19.2 Å². The molecule has 1 aromatic carbocycles. The van der Waals surface area contributed by atoms with Crippen LogP contribution in [0.15, 0.2) is 29.2 Å². The summed E-state index contributed by atoms with van der Waals surface area (Å²) in [6, 6.07) is 6.38. The van der Waals surface area contributed by atoms with Gasteiger partial charge in [-0.05, 0) is 54.9 Å². The number of pyridine rings is 1. The molecule has 0 amide bonds. The molecule has 3 aliphatic rings. The number of nitrogens with zero attached hydrogens (tertiary/aromatic N) is 3. The van der Waals surface area contributed by atoms with Crippen LogP contribution in [0.4, 0.5) is 20.3 Å². The van der Waals surface area contributed by atoms with Gasteiger partial charge in [0.1, 0.15) is 16.4 Å². The molecule has 1 aromatic heterocycles. The molecule has 3 aliphatic heterocycles. The summed E-state index contributed by atoms with van der Waals surface area (Å²) in [7, 11) is 0. The van der Waals surface area contributed by atoms with Crippen molar-refractivity contribution >= 4 is 46.7 Å². The lowest BCUT2D eigenvalue weighted by Crippen LogP contribution is -2.69. The molecule has 1 N–H and O–H groups in total. The van der Waals surface area contributed by atoms with E-state index in [1.165, 1.54) is 18.6 Å². The average molecular weight is 515 g/mol. The Morgan fingerprint density at radius 3 is 2.70 bits per heavy atom. The van der Waals surface area contributed by atoms with E-state index in [4.69, 9.17) is 27.9 Å². The zero-order valence-corrected chi connectivity index (χ0v) is 20.8. The fourth-order valence-corrected chi connectivity index (χ4v) is 6.49. The highest BCUT2D eigenvalue weighted by Gasteiger charge is 2.56. The first-order valence-corrected chi connectivity index (χ1v) is 12.6. The summed E-state index contributed by atoms with van der Waals surface area (Å²) in [5, 5.41) is 0.245. The van der Waals surface area contributed by atoms with E-state index in [-0.39, 0.29) is 26.4 Å². The first-order chi connectivity index (χ1) is 15.7. The first kappa shape index (κ1) is 23.4. The zero-order chi connectivity index (χ0) is 23.4. The highest BCUT2D eigenvalue weighted by atomic mass is 35.5. The minimum Gasteiger partial charge on any atom is -0.370 e. The van der Waals surface area contributed by atoms with Gasteiger partial charge < -0.3 is 14.4 Å². The second-order valence-corrected chi connectivity index (χ2v) is 11.4. The molecule has 4 heterocycles. The van der Waals surface area contributed by atoms with Crippen molar-refractivity contribution in [3.05, 3.63) is 46.1 Å². The number of anilines is 2. The minimum atomic E-state index is -0.628. The molecule has 5 nitrogen and oxygen atoms in total. The third kappa shape index (κ3) is 4.41. The van der Waals surface area contributed by atoms with E-state index >= 15 is 4.39 Å². The smallest absolute Gasteiger partial charge is 0.214 e. The number of aromatic nitrogens is 1. The summed E-state index contributed by atoms with van der Waals surface area (Å²) in [4.78, 5) is 8.44. The maximum absolute atomic E-state index is 15.2. The van der Waals surface area contributed by atoms with Gasteiger partial charge in [-0.3, -0.25) is 4.90 Å². The topological polar surface area (TPSA) is 40.6 Å². The fourth-order valence-electron chi connectivity index (χ4n) is 5.20. The lowest BCUT2D eigenvalue weighted by Gasteiger charge is -2.53. The predicted octanol–water partition coefficient (Wildman–Crippen LogP) is 5.87. The van der Waals surface area contributed by atoms with Gasteiger partial charge in [0.2, 0.25) is 5.95 Å². The SMILES string of the molecule is CC1(C)CCN([C@@H]2CCOC23CN(c2cc(Cl)c(SNc4cccc(F)n4)c(F)c2Cl)C3)C1.